The van der Waals surface area contributed by atoms with E-state index in [1.807, 2.05) is 30.3 Å². The van der Waals surface area contributed by atoms with Crippen LogP contribution in [0, 0.1) is 5.82 Å². The average Bonchev–Trinajstić information content (AvgIpc) is 2.89. The van der Waals surface area contributed by atoms with Gasteiger partial charge < -0.3 is 4.74 Å². The molecule has 0 aliphatic carbocycles. The zero-order valence-corrected chi connectivity index (χ0v) is 16.6. The number of amidine groups is 1. The molecule has 1 aliphatic rings. The third-order valence-corrected chi connectivity index (χ3v) is 5.50. The number of carbonyl (C=O) groups excluding carboxylic acids is 1. The second-order valence-electron chi connectivity index (χ2n) is 5.59. The van der Waals surface area contributed by atoms with Crippen molar-refractivity contribution >= 4 is 44.8 Å². The number of hydrogen-bond acceptors (Lipinski definition) is 4. The normalized spacial score (nSPS) is 17.4. The van der Waals surface area contributed by atoms with E-state index < -0.39 is 0 Å². The highest BCUT2D eigenvalue weighted by Crippen LogP contribution is 2.33. The van der Waals surface area contributed by atoms with Gasteiger partial charge >= 0.3 is 0 Å². The van der Waals surface area contributed by atoms with Crippen LogP contribution < -0.4 is 4.74 Å². The van der Waals surface area contributed by atoms with Crippen LogP contribution in [-0.4, -0.2) is 30.1 Å². The highest BCUT2D eigenvalue weighted by Gasteiger charge is 2.29. The fourth-order valence-electron chi connectivity index (χ4n) is 2.41. The molecule has 0 radical (unpaired) electrons. The molecule has 0 spiro atoms. The molecular weight excluding hydrogens is 419 g/mol. The first kappa shape index (κ1) is 18.7. The molecule has 1 amide bonds. The maximum absolute atomic E-state index is 13.2. The lowest BCUT2D eigenvalue weighted by Gasteiger charge is -2.09. The molecular formula is C19H16BrFN2O2S. The summed E-state index contributed by atoms with van der Waals surface area (Å²) in [6.45, 7) is 0.270. The van der Waals surface area contributed by atoms with Crippen molar-refractivity contribution in [1.82, 2.24) is 4.90 Å². The third kappa shape index (κ3) is 4.16. The highest BCUT2D eigenvalue weighted by molar-refractivity contribution is 9.10. The Morgan fingerprint density at radius 1 is 1.31 bits per heavy atom. The molecule has 1 heterocycles. The summed E-state index contributed by atoms with van der Waals surface area (Å²) in [6, 6.07) is 11.9. The Morgan fingerprint density at radius 2 is 2.12 bits per heavy atom. The van der Waals surface area contributed by atoms with Crippen molar-refractivity contribution in [3.63, 3.8) is 0 Å². The quantitative estimate of drug-likeness (QED) is 0.654. The largest absolute Gasteiger partial charge is 0.488 e. The summed E-state index contributed by atoms with van der Waals surface area (Å²) in [5.74, 6) is 0.290. The highest BCUT2D eigenvalue weighted by atomic mass is 79.9. The van der Waals surface area contributed by atoms with E-state index in [1.165, 1.54) is 28.8 Å². The van der Waals surface area contributed by atoms with Crippen LogP contribution in [-0.2, 0) is 11.4 Å². The average molecular weight is 435 g/mol. The van der Waals surface area contributed by atoms with Gasteiger partial charge in [-0.1, -0.05) is 18.2 Å². The molecule has 3 rings (SSSR count). The van der Waals surface area contributed by atoms with Gasteiger partial charge in [-0.05, 0) is 69.2 Å². The lowest BCUT2D eigenvalue weighted by molar-refractivity contribution is -0.121. The summed E-state index contributed by atoms with van der Waals surface area (Å²) in [7, 11) is 3.37. The Morgan fingerprint density at radius 3 is 2.77 bits per heavy atom. The molecule has 7 heteroatoms. The lowest BCUT2D eigenvalue weighted by Crippen LogP contribution is -2.23. The maximum Gasteiger partial charge on any atom is 0.266 e. The summed E-state index contributed by atoms with van der Waals surface area (Å²) in [5, 5.41) is 0.676. The molecule has 26 heavy (non-hydrogen) atoms. The second-order valence-corrected chi connectivity index (χ2v) is 7.45. The van der Waals surface area contributed by atoms with Gasteiger partial charge in [-0.2, -0.15) is 0 Å². The van der Waals surface area contributed by atoms with Gasteiger partial charge in [0.05, 0.1) is 9.38 Å². The molecule has 0 atom stereocenters. The molecule has 2 aromatic carbocycles. The number of ether oxygens (including phenoxy) is 1. The van der Waals surface area contributed by atoms with Gasteiger partial charge in [-0.25, -0.2) is 4.39 Å². The number of likely N-dealkylation sites (N-methyl/N-ethyl adjacent to an activating group) is 1. The fraction of sp³-hybridized carbons (Fsp3) is 0.158. The van der Waals surface area contributed by atoms with Gasteiger partial charge in [0.15, 0.2) is 5.17 Å². The van der Waals surface area contributed by atoms with Crippen molar-refractivity contribution in [3.05, 3.63) is 68.8 Å². The van der Waals surface area contributed by atoms with E-state index in [4.69, 9.17) is 4.74 Å². The van der Waals surface area contributed by atoms with Crippen LogP contribution in [0.25, 0.3) is 6.08 Å². The van der Waals surface area contributed by atoms with Gasteiger partial charge in [0, 0.05) is 14.1 Å². The van der Waals surface area contributed by atoms with Crippen LogP contribution in [0.15, 0.2) is 56.8 Å². The van der Waals surface area contributed by atoms with Crippen molar-refractivity contribution in [2.24, 2.45) is 4.99 Å². The lowest BCUT2D eigenvalue weighted by atomic mass is 10.2. The summed E-state index contributed by atoms with van der Waals surface area (Å²) < 4.78 is 19.7. The first-order chi connectivity index (χ1) is 12.5. The van der Waals surface area contributed by atoms with Gasteiger partial charge in [0.25, 0.3) is 5.91 Å². The number of amides is 1. The molecule has 1 saturated heterocycles. The van der Waals surface area contributed by atoms with Crippen LogP contribution in [0.1, 0.15) is 11.1 Å². The van der Waals surface area contributed by atoms with Crippen LogP contribution in [0.3, 0.4) is 0 Å². The summed E-state index contributed by atoms with van der Waals surface area (Å²) in [6.07, 6.45) is 1.82. The Labute approximate surface area is 163 Å². The van der Waals surface area contributed by atoms with E-state index in [0.717, 1.165) is 15.6 Å². The number of thioether (sulfide) groups is 1. The molecule has 0 bridgehead atoms. The van der Waals surface area contributed by atoms with E-state index in [-0.39, 0.29) is 18.3 Å². The van der Waals surface area contributed by atoms with Crippen molar-refractivity contribution in [2.75, 3.05) is 14.1 Å². The van der Waals surface area contributed by atoms with Crippen molar-refractivity contribution in [1.29, 1.82) is 0 Å². The molecule has 2 aromatic rings. The minimum absolute atomic E-state index is 0.0712. The van der Waals surface area contributed by atoms with Gasteiger partial charge in [-0.15, -0.1) is 0 Å². The minimum Gasteiger partial charge on any atom is -0.488 e. The van der Waals surface area contributed by atoms with Crippen LogP contribution in [0.2, 0.25) is 0 Å². The Bertz CT molecular complexity index is 914. The first-order valence-electron chi connectivity index (χ1n) is 7.79. The Kier molecular flexibility index (Phi) is 5.78. The number of hydrogen-bond donors (Lipinski definition) is 0. The molecule has 1 fully saturated rings. The number of rotatable bonds is 4. The van der Waals surface area contributed by atoms with Gasteiger partial charge in [0.1, 0.15) is 18.2 Å². The van der Waals surface area contributed by atoms with Gasteiger partial charge in [0.2, 0.25) is 0 Å². The van der Waals surface area contributed by atoms with E-state index in [1.54, 1.807) is 20.2 Å². The van der Waals surface area contributed by atoms with Crippen molar-refractivity contribution < 1.29 is 13.9 Å². The number of halogens is 2. The second kappa shape index (κ2) is 8.05. The summed E-state index contributed by atoms with van der Waals surface area (Å²) in [5.41, 5.74) is 1.63. The zero-order valence-electron chi connectivity index (χ0n) is 14.2. The SMILES string of the molecule is CN=C1S/C(=C\c2ccc(OCc3cccc(F)c3)c(Br)c2)C(=O)N1C. The molecule has 0 unspecified atom stereocenters. The van der Waals surface area contributed by atoms with E-state index >= 15 is 0 Å². The topological polar surface area (TPSA) is 41.9 Å². The molecule has 1 aliphatic heterocycles. The maximum atomic E-state index is 13.2. The number of aliphatic imine (C=N–C) groups is 1. The van der Waals surface area contributed by atoms with Crippen molar-refractivity contribution in [2.45, 2.75) is 6.61 Å². The summed E-state index contributed by atoms with van der Waals surface area (Å²) >= 11 is 4.83. The fourth-order valence-corrected chi connectivity index (χ4v) is 3.85. The Hall–Kier alpha value is -2.12. The van der Waals surface area contributed by atoms with E-state index in [2.05, 4.69) is 20.9 Å². The Balaban J connectivity index is 1.74. The predicted molar refractivity (Wildman–Crippen MR) is 107 cm³/mol. The zero-order chi connectivity index (χ0) is 18.7. The van der Waals surface area contributed by atoms with E-state index in [9.17, 15) is 9.18 Å². The van der Waals surface area contributed by atoms with Crippen LogP contribution in [0.5, 0.6) is 5.75 Å². The first-order valence-corrected chi connectivity index (χ1v) is 9.40. The molecule has 134 valence electrons. The monoisotopic (exact) mass is 434 g/mol. The predicted octanol–water partition coefficient (Wildman–Crippen LogP) is 4.70. The molecule has 4 nitrogen and oxygen atoms in total. The standard InChI is InChI=1S/C19H16BrFN2O2S/c1-22-19-23(2)18(24)17(26-19)10-12-6-7-16(15(20)9-12)25-11-13-4-3-5-14(21)8-13/h3-10H,11H2,1-2H3/b17-10-,22-19?. The van der Waals surface area contributed by atoms with Crippen molar-refractivity contribution in [3.8, 4) is 5.75 Å². The number of benzene rings is 2. The smallest absolute Gasteiger partial charge is 0.266 e. The minimum atomic E-state index is -0.286. The third-order valence-electron chi connectivity index (χ3n) is 3.73. The molecule has 0 saturated carbocycles. The molecule has 0 aromatic heterocycles. The number of nitrogens with zero attached hydrogens (tertiary/aromatic N) is 2. The van der Waals surface area contributed by atoms with Crippen LogP contribution in [0.4, 0.5) is 4.39 Å². The summed E-state index contributed by atoms with van der Waals surface area (Å²) in [4.78, 5) is 18.4. The van der Waals surface area contributed by atoms with E-state index in [0.29, 0.717) is 15.8 Å². The number of carbonyl (C=O) groups is 1. The van der Waals surface area contributed by atoms with Gasteiger partial charge in [-0.3, -0.25) is 14.7 Å². The van der Waals surface area contributed by atoms with Crippen LogP contribution >= 0.6 is 27.7 Å². The molecule has 0 N–H and O–H groups in total.